The molecule has 2 rings (SSSR count). The largest absolute Gasteiger partial charge is 0.294 e. The van der Waals surface area contributed by atoms with Gasteiger partial charge in [-0.1, -0.05) is 30.4 Å². The Hall–Kier alpha value is -1.41. The summed E-state index contributed by atoms with van der Waals surface area (Å²) in [5.74, 6) is 0.0922. The monoisotopic (exact) mass is 202 g/mol. The predicted molar refractivity (Wildman–Crippen MR) is 60.1 cm³/mol. The normalized spacial score (nSPS) is 15.7. The number of rotatable bonds is 3. The van der Waals surface area contributed by atoms with Crippen molar-refractivity contribution in [2.75, 3.05) is 0 Å². The first-order chi connectivity index (χ1) is 6.86. The topological polar surface area (TPSA) is 17.1 Å². The van der Waals surface area contributed by atoms with Crippen molar-refractivity contribution in [3.63, 3.8) is 0 Å². The molecule has 0 amide bonds. The van der Waals surface area contributed by atoms with Crippen LogP contribution in [0.2, 0.25) is 0 Å². The third kappa shape index (κ3) is 2.09. The zero-order valence-corrected chi connectivity index (χ0v) is 8.41. The Kier molecular flexibility index (Phi) is 2.75. The minimum atomic E-state index is -0.0498. The number of carbonyl (C=O) groups excluding carboxylic acids is 1. The Balaban J connectivity index is 2.01. The number of thiophene rings is 1. The summed E-state index contributed by atoms with van der Waals surface area (Å²) in [5.41, 5.74) is 0. The zero-order chi connectivity index (χ0) is 9.80. The van der Waals surface area contributed by atoms with E-state index in [1.165, 1.54) is 0 Å². The summed E-state index contributed by atoms with van der Waals surface area (Å²) in [6, 6.07) is 3.97. The van der Waals surface area contributed by atoms with E-state index in [1.54, 1.807) is 17.4 Å². The second kappa shape index (κ2) is 4.20. The zero-order valence-electron chi connectivity index (χ0n) is 7.59. The van der Waals surface area contributed by atoms with Crippen LogP contribution in [0, 0.1) is 5.92 Å². The molecule has 1 nitrogen and oxygen atoms in total. The van der Waals surface area contributed by atoms with Gasteiger partial charge < -0.3 is 0 Å². The molecule has 0 saturated carbocycles. The molecule has 0 atom stereocenters. The number of allylic oxidation sites excluding steroid dienone is 5. The molecule has 0 spiro atoms. The third-order valence-corrected chi connectivity index (χ3v) is 2.87. The van der Waals surface area contributed by atoms with E-state index in [2.05, 4.69) is 0 Å². The Morgan fingerprint density at radius 1 is 1.36 bits per heavy atom. The highest BCUT2D eigenvalue weighted by Gasteiger charge is 2.10. The molecule has 1 heterocycles. The molecule has 0 N–H and O–H groups in total. The van der Waals surface area contributed by atoms with Crippen molar-refractivity contribution in [1.82, 2.24) is 0 Å². The van der Waals surface area contributed by atoms with Gasteiger partial charge >= 0.3 is 0 Å². The molecule has 1 aliphatic carbocycles. The van der Waals surface area contributed by atoms with Gasteiger partial charge in [-0.15, -0.1) is 11.3 Å². The lowest BCUT2D eigenvalue weighted by Crippen LogP contribution is -2.03. The number of ketones is 1. The summed E-state index contributed by atoms with van der Waals surface area (Å²) in [5, 5.41) is 2.00. The van der Waals surface area contributed by atoms with E-state index in [9.17, 15) is 4.79 Å². The van der Waals surface area contributed by atoms with E-state index >= 15 is 0 Å². The Labute approximate surface area is 87.1 Å². The van der Waals surface area contributed by atoms with Gasteiger partial charge in [0.2, 0.25) is 0 Å². The first-order valence-electron chi connectivity index (χ1n) is 4.47. The van der Waals surface area contributed by atoms with Crippen molar-refractivity contribution in [1.29, 1.82) is 0 Å². The number of hydrogen-bond acceptors (Lipinski definition) is 2. The smallest absolute Gasteiger partial charge is 0.166 e. The van der Waals surface area contributed by atoms with Crippen LogP contribution in [0.1, 0.15) is 4.88 Å². The number of carbonyl (C=O) groups is 1. The molecule has 1 aliphatic rings. The average molecular weight is 202 g/mol. The van der Waals surface area contributed by atoms with Crippen LogP contribution in [0.15, 0.2) is 47.9 Å². The van der Waals surface area contributed by atoms with Gasteiger partial charge in [0.1, 0.15) is 0 Å². The van der Waals surface area contributed by atoms with E-state index in [0.29, 0.717) is 0 Å². The van der Waals surface area contributed by atoms with Gasteiger partial charge in [0, 0.05) is 4.88 Å². The molecule has 0 aliphatic heterocycles. The summed E-state index contributed by atoms with van der Waals surface area (Å²) in [6.45, 7) is 0. The van der Waals surface area contributed by atoms with E-state index < -0.39 is 0 Å². The van der Waals surface area contributed by atoms with Crippen molar-refractivity contribution in [3.8, 4) is 0 Å². The molecule has 0 bridgehead atoms. The summed E-state index contributed by atoms with van der Waals surface area (Å²) in [4.78, 5) is 12.7. The maximum absolute atomic E-state index is 11.6. The predicted octanol–water partition coefficient (Wildman–Crippen LogP) is 3.07. The summed E-state index contributed by atoms with van der Waals surface area (Å²) in [6.07, 6.45) is 11.1. The van der Waals surface area contributed by atoms with Gasteiger partial charge in [0.15, 0.2) is 5.78 Å². The molecule has 0 saturated heterocycles. The molecular formula is C12H10OS. The maximum atomic E-state index is 11.6. The molecule has 1 aromatic rings. The molecule has 70 valence electrons. The van der Waals surface area contributed by atoms with Crippen molar-refractivity contribution >= 4 is 23.2 Å². The minimum absolute atomic E-state index is 0.0498. The first kappa shape index (κ1) is 9.16. The molecule has 0 fully saturated rings. The highest BCUT2D eigenvalue weighted by molar-refractivity contribution is 7.10. The lowest BCUT2D eigenvalue weighted by atomic mass is 10.1. The lowest BCUT2D eigenvalue weighted by Gasteiger charge is -1.96. The molecule has 0 unspecified atom stereocenters. The lowest BCUT2D eigenvalue weighted by molar-refractivity contribution is -0.115. The SMILES string of the molecule is O=C(/C=C/c1cccs1)C1C=CC=C1. The molecule has 0 radical (unpaired) electrons. The summed E-state index contributed by atoms with van der Waals surface area (Å²) < 4.78 is 0. The van der Waals surface area contributed by atoms with Gasteiger partial charge in [-0.3, -0.25) is 4.79 Å². The summed E-state index contributed by atoms with van der Waals surface area (Å²) >= 11 is 1.63. The van der Waals surface area contributed by atoms with Crippen molar-refractivity contribution in [2.45, 2.75) is 0 Å². The van der Waals surface area contributed by atoms with Crippen LogP contribution >= 0.6 is 11.3 Å². The maximum Gasteiger partial charge on any atom is 0.166 e. The second-order valence-corrected chi connectivity index (χ2v) is 4.03. The van der Waals surface area contributed by atoms with Crippen LogP contribution in [0.3, 0.4) is 0 Å². The average Bonchev–Trinajstić information content (AvgIpc) is 2.87. The highest BCUT2D eigenvalue weighted by atomic mass is 32.1. The minimum Gasteiger partial charge on any atom is -0.294 e. The van der Waals surface area contributed by atoms with Crippen molar-refractivity contribution < 1.29 is 4.79 Å². The molecule has 14 heavy (non-hydrogen) atoms. The van der Waals surface area contributed by atoms with Crippen LogP contribution in [0.4, 0.5) is 0 Å². The van der Waals surface area contributed by atoms with Gasteiger partial charge in [0.25, 0.3) is 0 Å². The standard InChI is InChI=1S/C12H10OS/c13-12(10-4-1-2-5-10)8-7-11-6-3-9-14-11/h1-10H/b8-7+. The Morgan fingerprint density at radius 3 is 2.79 bits per heavy atom. The molecule has 2 heteroatoms. The fourth-order valence-electron chi connectivity index (χ4n) is 1.28. The highest BCUT2D eigenvalue weighted by Crippen LogP contribution is 2.14. The van der Waals surface area contributed by atoms with Crippen LogP contribution in [-0.2, 0) is 4.79 Å². The first-order valence-corrected chi connectivity index (χ1v) is 5.34. The molecular weight excluding hydrogens is 192 g/mol. The third-order valence-electron chi connectivity index (χ3n) is 2.03. The Morgan fingerprint density at radius 2 is 2.14 bits per heavy atom. The fourth-order valence-corrected chi connectivity index (χ4v) is 1.90. The molecule has 1 aromatic heterocycles. The van der Waals surface area contributed by atoms with Crippen molar-refractivity contribution in [2.24, 2.45) is 5.92 Å². The van der Waals surface area contributed by atoms with Crippen LogP contribution in [0.5, 0.6) is 0 Å². The number of hydrogen-bond donors (Lipinski definition) is 0. The Bertz CT molecular complexity index is 384. The van der Waals surface area contributed by atoms with E-state index in [1.807, 2.05) is 47.9 Å². The van der Waals surface area contributed by atoms with Gasteiger partial charge in [0.05, 0.1) is 5.92 Å². The quantitative estimate of drug-likeness (QED) is 0.688. The van der Waals surface area contributed by atoms with Gasteiger partial charge in [-0.2, -0.15) is 0 Å². The van der Waals surface area contributed by atoms with E-state index in [-0.39, 0.29) is 11.7 Å². The van der Waals surface area contributed by atoms with E-state index in [4.69, 9.17) is 0 Å². The van der Waals surface area contributed by atoms with Gasteiger partial charge in [-0.05, 0) is 23.6 Å². The van der Waals surface area contributed by atoms with Gasteiger partial charge in [-0.25, -0.2) is 0 Å². The van der Waals surface area contributed by atoms with Crippen molar-refractivity contribution in [3.05, 3.63) is 52.8 Å². The fraction of sp³-hybridized carbons (Fsp3) is 0.0833. The van der Waals surface area contributed by atoms with Crippen LogP contribution < -0.4 is 0 Å². The summed E-state index contributed by atoms with van der Waals surface area (Å²) in [7, 11) is 0. The second-order valence-electron chi connectivity index (χ2n) is 3.05. The molecule has 0 aromatic carbocycles. The van der Waals surface area contributed by atoms with E-state index in [0.717, 1.165) is 4.88 Å². The van der Waals surface area contributed by atoms with Crippen LogP contribution in [0.25, 0.3) is 6.08 Å². The van der Waals surface area contributed by atoms with Crippen LogP contribution in [-0.4, -0.2) is 5.78 Å².